The van der Waals surface area contributed by atoms with Crippen molar-refractivity contribution in [2.24, 2.45) is 0 Å². The van der Waals surface area contributed by atoms with Gasteiger partial charge in [-0.1, -0.05) is 0 Å². The standard InChI is InChI=1S/C3O2S.Cr/c1-6(2-4)3-5;. The van der Waals surface area contributed by atoms with Crippen molar-refractivity contribution in [3.8, 4) is 0 Å². The molecule has 36 valence electrons. The van der Waals surface area contributed by atoms with E-state index in [1.165, 1.54) is 10.5 Å². The number of carbonyl (C=O) groups excluding carboxylic acids is 2. The molecule has 0 fully saturated rings. The van der Waals surface area contributed by atoms with Crippen molar-refractivity contribution >= 4 is 24.0 Å². The quantitative estimate of drug-likeness (QED) is 0.441. The molecule has 0 spiro atoms. The summed E-state index contributed by atoms with van der Waals surface area (Å²) in [7, 11) is -1.16. The molecule has 0 radical (unpaired) electrons. The summed E-state index contributed by atoms with van der Waals surface area (Å²) < 4.78 is 2.26. The van der Waals surface area contributed by atoms with E-state index >= 15 is 0 Å². The summed E-state index contributed by atoms with van der Waals surface area (Å²) in [5.74, 6) is 0. The Balaban J connectivity index is 5.98. The van der Waals surface area contributed by atoms with Gasteiger partial charge in [0.2, 0.25) is 0 Å². The summed E-state index contributed by atoms with van der Waals surface area (Å²) in [6.07, 6.45) is 0. The molecule has 0 unspecified atom stereocenters. The van der Waals surface area contributed by atoms with Gasteiger partial charge >= 0.3 is 49.4 Å². The van der Waals surface area contributed by atoms with Crippen LogP contribution in [0, 0.1) is 0 Å². The van der Waals surface area contributed by atoms with Crippen LogP contribution in [0.25, 0.3) is 0 Å². The van der Waals surface area contributed by atoms with Gasteiger partial charge in [-0.15, -0.1) is 0 Å². The van der Waals surface area contributed by atoms with E-state index in [1.807, 2.05) is 0 Å². The normalized spacial score (nSPS) is 5.14. The topological polar surface area (TPSA) is 34.1 Å². The molecule has 0 aliphatic rings. The van der Waals surface area contributed by atoms with Crippen molar-refractivity contribution in [1.29, 1.82) is 0 Å². The molecule has 2 nitrogen and oxygen atoms in total. The molecular weight excluding hydrogens is 152 g/mol. The maximum absolute atomic E-state index is 9.51. The Morgan fingerprint density at radius 3 is 1.71 bits per heavy atom. The molecule has 0 N–H and O–H groups in total. The monoisotopic (exact) mass is 152 g/mol. The van der Waals surface area contributed by atoms with E-state index in [0.717, 1.165) is 0 Å². The van der Waals surface area contributed by atoms with Crippen molar-refractivity contribution in [3.05, 3.63) is 0 Å². The van der Waals surface area contributed by atoms with Crippen LogP contribution in [0.2, 0.25) is 0 Å². The molecule has 4 heteroatoms. The van der Waals surface area contributed by atoms with Crippen LogP contribution in [-0.2, 0) is 25.4 Å². The zero-order chi connectivity index (χ0) is 5.70. The molecular formula is C3CrO2S. The van der Waals surface area contributed by atoms with Crippen LogP contribution < -0.4 is 0 Å². The fourth-order valence-corrected chi connectivity index (χ4v) is 0.472. The van der Waals surface area contributed by atoms with Crippen molar-refractivity contribution < 1.29 is 25.4 Å². The van der Waals surface area contributed by atoms with Gasteiger partial charge in [0.05, 0.1) is 0 Å². The third kappa shape index (κ3) is 2.40. The zero-order valence-corrected chi connectivity index (χ0v) is 5.22. The van der Waals surface area contributed by atoms with E-state index in [2.05, 4.69) is 19.7 Å². The second-order valence-corrected chi connectivity index (χ2v) is 2.45. The molecule has 0 atom stereocenters. The molecule has 7 heavy (non-hydrogen) atoms. The Hall–Kier alpha value is -0.308. The minimum atomic E-state index is -1.16. The van der Waals surface area contributed by atoms with Crippen molar-refractivity contribution in [2.45, 2.75) is 0 Å². The maximum atomic E-state index is 9.51. The van der Waals surface area contributed by atoms with Crippen LogP contribution in [-0.4, -0.2) is 14.3 Å². The first-order valence-electron chi connectivity index (χ1n) is 1.22. The summed E-state index contributed by atoms with van der Waals surface area (Å²) in [5, 5.41) is 2.83. The van der Waals surface area contributed by atoms with Crippen molar-refractivity contribution in [1.82, 2.24) is 0 Å². The summed E-state index contributed by atoms with van der Waals surface area (Å²) in [5.41, 5.74) is 0. The average Bonchev–Trinajstić information content (AvgIpc) is 1.72. The van der Waals surface area contributed by atoms with Gasteiger partial charge in [0.25, 0.3) is 0 Å². The first kappa shape index (κ1) is 6.69. The first-order valence-corrected chi connectivity index (χ1v) is 3.09. The van der Waals surface area contributed by atoms with Gasteiger partial charge in [-0.2, -0.15) is 0 Å². The Labute approximate surface area is 49.8 Å². The second kappa shape index (κ2) is 3.87. The summed E-state index contributed by atoms with van der Waals surface area (Å²) in [6.45, 7) is 0. The third-order valence-corrected chi connectivity index (χ3v) is 1.53. The van der Waals surface area contributed by atoms with Gasteiger partial charge in [-0.3, -0.25) is 0 Å². The van der Waals surface area contributed by atoms with E-state index in [1.54, 1.807) is 0 Å². The van der Waals surface area contributed by atoms with Crippen LogP contribution in [0.15, 0.2) is 0 Å². The van der Waals surface area contributed by atoms with Crippen LogP contribution in [0.3, 0.4) is 0 Å². The Bertz CT molecular complexity index is 212. The van der Waals surface area contributed by atoms with Gasteiger partial charge in [0, 0.05) is 0 Å². The van der Waals surface area contributed by atoms with Crippen LogP contribution >= 0.6 is 9.66 Å². The summed E-state index contributed by atoms with van der Waals surface area (Å²) >= 11 is 2.28. The molecule has 0 aliphatic carbocycles. The van der Waals surface area contributed by atoms with E-state index in [4.69, 9.17) is 0 Å². The Morgan fingerprint density at radius 2 is 1.71 bits per heavy atom. The Morgan fingerprint density at radius 1 is 1.29 bits per heavy atom. The molecule has 0 saturated carbocycles. The van der Waals surface area contributed by atoms with Crippen molar-refractivity contribution in [3.63, 3.8) is 0 Å². The fraction of sp³-hybridized carbons (Fsp3) is 0. The van der Waals surface area contributed by atoms with E-state index in [-0.39, 0.29) is 0 Å². The van der Waals surface area contributed by atoms with E-state index < -0.39 is 9.66 Å². The number of hydrogen-bond acceptors (Lipinski definition) is 2. The third-order valence-electron chi connectivity index (χ3n) is 0.250. The molecule has 0 rings (SSSR count). The van der Waals surface area contributed by atoms with Crippen molar-refractivity contribution in [2.75, 3.05) is 0 Å². The first-order chi connectivity index (χ1) is 3.35. The van der Waals surface area contributed by atoms with E-state index in [9.17, 15) is 9.59 Å². The van der Waals surface area contributed by atoms with Crippen LogP contribution in [0.4, 0.5) is 0 Å². The fourth-order valence-electron chi connectivity index (χ4n) is 0.0510. The number of hydrogen-bond donors (Lipinski definition) is 0. The van der Waals surface area contributed by atoms with Crippen LogP contribution in [0.5, 0.6) is 0 Å². The van der Waals surface area contributed by atoms with Crippen LogP contribution in [0.1, 0.15) is 0 Å². The molecule has 0 aromatic rings. The van der Waals surface area contributed by atoms with Gasteiger partial charge < -0.3 is 0 Å². The average molecular weight is 152 g/mol. The minimum absolute atomic E-state index is 1.16. The number of rotatable bonds is 0. The molecule has 0 aromatic heterocycles. The Kier molecular flexibility index (Phi) is 3.70. The molecule has 0 amide bonds. The zero-order valence-electron chi connectivity index (χ0n) is 3.13. The SMILES string of the molecule is O=C=S(=C=O)=[C]=[Cr]. The van der Waals surface area contributed by atoms with Gasteiger partial charge in [0.15, 0.2) is 0 Å². The van der Waals surface area contributed by atoms with Gasteiger partial charge in [-0.05, 0) is 0 Å². The molecule has 0 bridgehead atoms. The summed E-state index contributed by atoms with van der Waals surface area (Å²) in [4.78, 5) is 19.0. The second-order valence-electron chi connectivity index (χ2n) is 0.556. The molecule has 0 aromatic carbocycles. The van der Waals surface area contributed by atoms with E-state index in [0.29, 0.717) is 0 Å². The molecule has 0 saturated heterocycles. The summed E-state index contributed by atoms with van der Waals surface area (Å²) in [6, 6.07) is 0. The van der Waals surface area contributed by atoms with Gasteiger partial charge in [-0.25, -0.2) is 0 Å². The molecule has 0 aliphatic heterocycles. The van der Waals surface area contributed by atoms with Gasteiger partial charge in [0.1, 0.15) is 0 Å². The molecule has 0 heterocycles. The predicted octanol–water partition coefficient (Wildman–Crippen LogP) is -0.427. The predicted molar refractivity (Wildman–Crippen MR) is 24.0 cm³/mol.